The summed E-state index contributed by atoms with van der Waals surface area (Å²) in [6.45, 7) is 0. The molecule has 0 amide bonds. The molecule has 0 radical (unpaired) electrons. The largest absolute Gasteiger partial charge is 0.324 e. The molecule has 2 unspecified atom stereocenters. The summed E-state index contributed by atoms with van der Waals surface area (Å²) in [6, 6.07) is 8.43. The van der Waals surface area contributed by atoms with Gasteiger partial charge in [-0.05, 0) is 48.6 Å². The van der Waals surface area contributed by atoms with Crippen molar-refractivity contribution in [2.45, 2.75) is 44.1 Å². The van der Waals surface area contributed by atoms with Crippen LogP contribution in [0.25, 0.3) is 0 Å². The second-order valence-electron chi connectivity index (χ2n) is 6.37. The molecule has 1 heterocycles. The highest BCUT2D eigenvalue weighted by Gasteiger charge is 2.30. The van der Waals surface area contributed by atoms with Gasteiger partial charge in [0, 0.05) is 6.04 Å². The maximum atomic E-state index is 11.5. The van der Waals surface area contributed by atoms with Crippen LogP contribution in [0.2, 0.25) is 0 Å². The Kier molecular flexibility index (Phi) is 3.87. The van der Waals surface area contributed by atoms with Gasteiger partial charge in [-0.15, -0.1) is 0 Å². The third-order valence-electron chi connectivity index (χ3n) is 4.85. The normalized spacial score (nSPS) is 27.1. The number of sulfone groups is 1. The lowest BCUT2D eigenvalue weighted by Gasteiger charge is -2.30. The van der Waals surface area contributed by atoms with Crippen LogP contribution in [-0.4, -0.2) is 19.9 Å². The molecule has 2 aliphatic rings. The van der Waals surface area contributed by atoms with Crippen molar-refractivity contribution in [2.24, 2.45) is 11.7 Å². The van der Waals surface area contributed by atoms with Gasteiger partial charge in [0.1, 0.15) is 0 Å². The fraction of sp³-hybridized carbons (Fsp3) is 0.625. The molecule has 2 fully saturated rings. The maximum absolute atomic E-state index is 11.5. The first-order chi connectivity index (χ1) is 9.55. The molecule has 1 aromatic rings. The van der Waals surface area contributed by atoms with Crippen LogP contribution in [0.3, 0.4) is 0 Å². The highest BCUT2D eigenvalue weighted by molar-refractivity contribution is 7.91. The highest BCUT2D eigenvalue weighted by Crippen LogP contribution is 2.40. The summed E-state index contributed by atoms with van der Waals surface area (Å²) in [5.41, 5.74) is 9.02. The summed E-state index contributed by atoms with van der Waals surface area (Å²) >= 11 is 0. The molecule has 1 aliphatic carbocycles. The Morgan fingerprint density at radius 2 is 1.95 bits per heavy atom. The Morgan fingerprint density at radius 1 is 1.20 bits per heavy atom. The molecule has 0 aromatic heterocycles. The van der Waals surface area contributed by atoms with Crippen molar-refractivity contribution in [3.05, 3.63) is 35.4 Å². The second-order valence-corrected chi connectivity index (χ2v) is 8.60. The number of hydrogen-bond donors (Lipinski definition) is 1. The zero-order valence-corrected chi connectivity index (χ0v) is 12.6. The summed E-state index contributed by atoms with van der Waals surface area (Å²) < 4.78 is 23.1. The van der Waals surface area contributed by atoms with Crippen molar-refractivity contribution in [1.29, 1.82) is 0 Å². The van der Waals surface area contributed by atoms with Gasteiger partial charge >= 0.3 is 0 Å². The molecule has 1 aromatic carbocycles. The molecule has 4 heteroatoms. The molecule has 110 valence electrons. The molecule has 3 nitrogen and oxygen atoms in total. The average Bonchev–Trinajstić information content (AvgIpc) is 2.67. The van der Waals surface area contributed by atoms with Crippen LogP contribution in [-0.2, 0) is 9.84 Å². The van der Waals surface area contributed by atoms with Gasteiger partial charge in [-0.2, -0.15) is 0 Å². The zero-order valence-electron chi connectivity index (χ0n) is 11.8. The smallest absolute Gasteiger partial charge is 0.150 e. The van der Waals surface area contributed by atoms with Crippen LogP contribution in [0.15, 0.2) is 24.3 Å². The lowest BCUT2D eigenvalue weighted by Crippen LogP contribution is -2.20. The molecule has 20 heavy (non-hydrogen) atoms. The van der Waals surface area contributed by atoms with E-state index >= 15 is 0 Å². The van der Waals surface area contributed by atoms with Crippen molar-refractivity contribution in [3.8, 4) is 0 Å². The second kappa shape index (κ2) is 5.49. The van der Waals surface area contributed by atoms with Gasteiger partial charge in [0.2, 0.25) is 0 Å². The summed E-state index contributed by atoms with van der Waals surface area (Å²) in [7, 11) is -2.80. The molecule has 1 saturated heterocycles. The Balaban J connectivity index is 1.72. The Bertz CT molecular complexity index is 578. The van der Waals surface area contributed by atoms with Crippen LogP contribution in [0, 0.1) is 5.92 Å². The first-order valence-electron chi connectivity index (χ1n) is 7.60. The minimum absolute atomic E-state index is 0.0231. The van der Waals surface area contributed by atoms with Gasteiger partial charge in [0.25, 0.3) is 0 Å². The Hall–Kier alpha value is -0.870. The van der Waals surface area contributed by atoms with E-state index in [4.69, 9.17) is 5.73 Å². The molecule has 2 atom stereocenters. The van der Waals surface area contributed by atoms with Gasteiger partial charge in [0.15, 0.2) is 9.84 Å². The standard InChI is InChI=1S/C16H23NO2S/c17-16(10-12-8-9-20(18,19)11-12)15-7-2-1-6-14(15)13-4-3-5-13/h1-2,6-7,12-13,16H,3-5,8-11,17H2. The van der Waals surface area contributed by atoms with E-state index in [-0.39, 0.29) is 12.0 Å². The molecule has 0 spiro atoms. The topological polar surface area (TPSA) is 60.2 Å². The average molecular weight is 293 g/mol. The van der Waals surface area contributed by atoms with Gasteiger partial charge in [-0.1, -0.05) is 30.7 Å². The van der Waals surface area contributed by atoms with Gasteiger partial charge in [-0.3, -0.25) is 0 Å². The molecular weight excluding hydrogens is 270 g/mol. The number of rotatable bonds is 4. The molecular formula is C16H23NO2S. The minimum atomic E-state index is -2.80. The monoisotopic (exact) mass is 293 g/mol. The summed E-state index contributed by atoms with van der Waals surface area (Å²) in [6.07, 6.45) is 5.42. The molecule has 1 saturated carbocycles. The lowest BCUT2D eigenvalue weighted by atomic mass is 9.76. The van der Waals surface area contributed by atoms with Crippen LogP contribution in [0.1, 0.15) is 55.2 Å². The quantitative estimate of drug-likeness (QED) is 0.928. The van der Waals surface area contributed by atoms with E-state index in [2.05, 4.69) is 18.2 Å². The van der Waals surface area contributed by atoms with Crippen LogP contribution >= 0.6 is 0 Å². The number of hydrogen-bond acceptors (Lipinski definition) is 3. The van der Waals surface area contributed by atoms with Crippen molar-refractivity contribution in [1.82, 2.24) is 0 Å². The Labute approximate surface area is 121 Å². The highest BCUT2D eigenvalue weighted by atomic mass is 32.2. The first-order valence-corrected chi connectivity index (χ1v) is 9.42. The number of benzene rings is 1. The molecule has 2 N–H and O–H groups in total. The van der Waals surface area contributed by atoms with E-state index in [1.54, 1.807) is 0 Å². The summed E-state index contributed by atoms with van der Waals surface area (Å²) in [4.78, 5) is 0. The predicted molar refractivity (Wildman–Crippen MR) is 81.3 cm³/mol. The van der Waals surface area contributed by atoms with Crippen molar-refractivity contribution >= 4 is 9.84 Å². The van der Waals surface area contributed by atoms with E-state index < -0.39 is 9.84 Å². The Morgan fingerprint density at radius 3 is 2.55 bits per heavy atom. The minimum Gasteiger partial charge on any atom is -0.324 e. The predicted octanol–water partition coefficient (Wildman–Crippen LogP) is 2.78. The summed E-state index contributed by atoms with van der Waals surface area (Å²) in [5.74, 6) is 1.58. The van der Waals surface area contributed by atoms with Gasteiger partial charge < -0.3 is 5.73 Å². The zero-order chi connectivity index (χ0) is 14.2. The summed E-state index contributed by atoms with van der Waals surface area (Å²) in [5, 5.41) is 0. The number of nitrogens with two attached hydrogens (primary N) is 1. The van der Waals surface area contributed by atoms with Crippen LogP contribution in [0.5, 0.6) is 0 Å². The third kappa shape index (κ3) is 2.91. The fourth-order valence-electron chi connectivity index (χ4n) is 3.48. The van der Waals surface area contributed by atoms with Crippen LogP contribution in [0.4, 0.5) is 0 Å². The molecule has 3 rings (SSSR count). The SMILES string of the molecule is NC(CC1CCS(=O)(=O)C1)c1ccccc1C1CCC1. The van der Waals surface area contributed by atoms with Crippen molar-refractivity contribution < 1.29 is 8.42 Å². The molecule has 0 bridgehead atoms. The van der Waals surface area contributed by atoms with Crippen molar-refractivity contribution in [2.75, 3.05) is 11.5 Å². The lowest BCUT2D eigenvalue weighted by molar-refractivity contribution is 0.410. The third-order valence-corrected chi connectivity index (χ3v) is 6.69. The van der Waals surface area contributed by atoms with E-state index in [9.17, 15) is 8.42 Å². The van der Waals surface area contributed by atoms with E-state index in [1.165, 1.54) is 30.4 Å². The fourth-order valence-corrected chi connectivity index (χ4v) is 5.36. The first kappa shape index (κ1) is 14.1. The van der Waals surface area contributed by atoms with Gasteiger partial charge in [-0.25, -0.2) is 8.42 Å². The van der Waals surface area contributed by atoms with Gasteiger partial charge in [0.05, 0.1) is 11.5 Å². The maximum Gasteiger partial charge on any atom is 0.150 e. The van der Waals surface area contributed by atoms with E-state index in [0.717, 1.165) is 12.8 Å². The van der Waals surface area contributed by atoms with E-state index in [0.29, 0.717) is 17.4 Å². The van der Waals surface area contributed by atoms with E-state index in [1.807, 2.05) is 6.07 Å². The van der Waals surface area contributed by atoms with Crippen molar-refractivity contribution in [3.63, 3.8) is 0 Å². The van der Waals surface area contributed by atoms with Crippen LogP contribution < -0.4 is 5.73 Å². The molecule has 1 aliphatic heterocycles.